The first-order valence-electron chi connectivity index (χ1n) is 10.5. The van der Waals surface area contributed by atoms with Crippen molar-refractivity contribution >= 4 is 10.0 Å². The number of piperidine rings is 1. The molecular weight excluding hydrogens is 388 g/mol. The second-order valence-electron chi connectivity index (χ2n) is 8.53. The van der Waals surface area contributed by atoms with Gasteiger partial charge in [-0.15, -0.1) is 0 Å². The van der Waals surface area contributed by atoms with Crippen LogP contribution in [0.15, 0.2) is 34.9 Å². The number of hydrogen-bond acceptors (Lipinski definition) is 6. The first-order valence-corrected chi connectivity index (χ1v) is 12.1. The lowest BCUT2D eigenvalue weighted by atomic mass is 9.77. The summed E-state index contributed by atoms with van der Waals surface area (Å²) >= 11 is 0. The molecule has 2 saturated heterocycles. The van der Waals surface area contributed by atoms with Crippen LogP contribution in [0.25, 0.3) is 11.5 Å². The maximum atomic E-state index is 12.5. The zero-order chi connectivity index (χ0) is 20.5. The van der Waals surface area contributed by atoms with Gasteiger partial charge in [-0.2, -0.15) is 4.98 Å². The predicted octanol–water partition coefficient (Wildman–Crippen LogP) is 3.33. The normalized spacial score (nSPS) is 23.0. The minimum atomic E-state index is -3.12. The fourth-order valence-corrected chi connectivity index (χ4v) is 6.33. The van der Waals surface area contributed by atoms with Gasteiger partial charge in [0.15, 0.2) is 5.82 Å². The summed E-state index contributed by atoms with van der Waals surface area (Å²) in [6.07, 6.45) is 4.36. The van der Waals surface area contributed by atoms with Crippen LogP contribution in [0.2, 0.25) is 0 Å². The molecule has 8 heteroatoms. The van der Waals surface area contributed by atoms with E-state index in [1.165, 1.54) is 0 Å². The highest BCUT2D eigenvalue weighted by molar-refractivity contribution is 7.89. The molecule has 1 atom stereocenters. The third kappa shape index (κ3) is 4.25. The number of benzene rings is 1. The Kier molecular flexibility index (Phi) is 5.77. The van der Waals surface area contributed by atoms with Crippen molar-refractivity contribution in [3.05, 3.63) is 36.2 Å². The Morgan fingerprint density at radius 1 is 1.21 bits per heavy atom. The molecule has 0 bridgehead atoms. The van der Waals surface area contributed by atoms with Gasteiger partial charge in [0.05, 0.1) is 11.8 Å². The molecule has 0 amide bonds. The lowest BCUT2D eigenvalue weighted by Crippen LogP contribution is -2.44. The average molecular weight is 419 g/mol. The Bertz CT molecular complexity index is 920. The zero-order valence-electron chi connectivity index (χ0n) is 17.2. The maximum Gasteiger partial charge on any atom is 0.257 e. The SMILES string of the molecule is CCCCS(=O)(=O)N1CCC2(CC1)CC(c1noc(-c3ccccc3)n1)N(C)C2. The largest absolute Gasteiger partial charge is 0.334 e. The highest BCUT2D eigenvalue weighted by Crippen LogP contribution is 2.48. The Balaban J connectivity index is 1.43. The first-order chi connectivity index (χ1) is 13.9. The molecule has 0 saturated carbocycles. The van der Waals surface area contributed by atoms with Gasteiger partial charge in [0.1, 0.15) is 0 Å². The van der Waals surface area contributed by atoms with Gasteiger partial charge in [-0.3, -0.25) is 4.90 Å². The number of likely N-dealkylation sites (tertiary alicyclic amines) is 1. The van der Waals surface area contributed by atoms with E-state index < -0.39 is 10.0 Å². The summed E-state index contributed by atoms with van der Waals surface area (Å²) in [5.74, 6) is 1.54. The molecule has 2 aliphatic heterocycles. The van der Waals surface area contributed by atoms with E-state index in [0.29, 0.717) is 19.0 Å². The molecule has 0 aliphatic carbocycles. The van der Waals surface area contributed by atoms with Gasteiger partial charge < -0.3 is 4.52 Å². The Hall–Kier alpha value is -1.77. The molecule has 0 radical (unpaired) electrons. The lowest BCUT2D eigenvalue weighted by Gasteiger charge is -2.38. The third-order valence-electron chi connectivity index (χ3n) is 6.44. The van der Waals surface area contributed by atoms with Crippen molar-refractivity contribution in [3.8, 4) is 11.5 Å². The number of unbranched alkanes of at least 4 members (excludes halogenated alkanes) is 1. The van der Waals surface area contributed by atoms with E-state index in [1.54, 1.807) is 4.31 Å². The van der Waals surface area contributed by atoms with Crippen molar-refractivity contribution < 1.29 is 12.9 Å². The van der Waals surface area contributed by atoms with Gasteiger partial charge >= 0.3 is 0 Å². The van der Waals surface area contributed by atoms with Crippen LogP contribution in [0, 0.1) is 5.41 Å². The molecule has 1 aromatic heterocycles. The molecule has 7 nitrogen and oxygen atoms in total. The van der Waals surface area contributed by atoms with Gasteiger partial charge in [0, 0.05) is 25.2 Å². The van der Waals surface area contributed by atoms with Gasteiger partial charge in [-0.1, -0.05) is 36.7 Å². The molecule has 1 unspecified atom stereocenters. The van der Waals surface area contributed by atoms with Crippen molar-refractivity contribution in [2.75, 3.05) is 32.4 Å². The van der Waals surface area contributed by atoms with Gasteiger partial charge in [-0.25, -0.2) is 12.7 Å². The van der Waals surface area contributed by atoms with E-state index in [2.05, 4.69) is 22.1 Å². The van der Waals surface area contributed by atoms with Crippen LogP contribution in [0.3, 0.4) is 0 Å². The van der Waals surface area contributed by atoms with E-state index >= 15 is 0 Å². The smallest absolute Gasteiger partial charge is 0.257 e. The lowest BCUT2D eigenvalue weighted by molar-refractivity contribution is 0.161. The van der Waals surface area contributed by atoms with E-state index in [-0.39, 0.29) is 17.2 Å². The fraction of sp³-hybridized carbons (Fsp3) is 0.619. The topological polar surface area (TPSA) is 79.5 Å². The van der Waals surface area contributed by atoms with E-state index in [1.807, 2.05) is 37.3 Å². The summed E-state index contributed by atoms with van der Waals surface area (Å²) in [6.45, 7) is 4.20. The standard InChI is InChI=1S/C21H30N4O3S/c1-3-4-14-29(26,27)25-12-10-21(11-13-25)15-18(24(2)16-21)19-22-20(28-23-19)17-8-6-5-7-9-17/h5-9,18H,3-4,10-16H2,1-2H3. The molecule has 4 rings (SSSR count). The van der Waals surface area contributed by atoms with Crippen LogP contribution in [0.5, 0.6) is 0 Å². The average Bonchev–Trinajstić information content (AvgIpc) is 3.32. The summed E-state index contributed by atoms with van der Waals surface area (Å²) in [5.41, 5.74) is 1.05. The highest BCUT2D eigenvalue weighted by Gasteiger charge is 2.47. The minimum Gasteiger partial charge on any atom is -0.334 e. The van der Waals surface area contributed by atoms with Crippen LogP contribution >= 0.6 is 0 Å². The molecule has 29 heavy (non-hydrogen) atoms. The molecule has 1 spiro atoms. The van der Waals surface area contributed by atoms with Gasteiger partial charge in [0.25, 0.3) is 5.89 Å². The van der Waals surface area contributed by atoms with Crippen molar-refractivity contribution in [1.82, 2.24) is 19.3 Å². The summed E-state index contributed by atoms with van der Waals surface area (Å²) in [6, 6.07) is 9.91. The number of sulfonamides is 1. The summed E-state index contributed by atoms with van der Waals surface area (Å²) < 4.78 is 32.2. The second-order valence-corrected chi connectivity index (χ2v) is 10.6. The van der Waals surface area contributed by atoms with E-state index in [4.69, 9.17) is 4.52 Å². The van der Waals surface area contributed by atoms with Crippen molar-refractivity contribution in [1.29, 1.82) is 0 Å². The second kappa shape index (κ2) is 8.16. The van der Waals surface area contributed by atoms with Crippen LogP contribution in [0.4, 0.5) is 0 Å². The zero-order valence-corrected chi connectivity index (χ0v) is 18.1. The maximum absolute atomic E-state index is 12.5. The minimum absolute atomic E-state index is 0.111. The quantitative estimate of drug-likeness (QED) is 0.716. The highest BCUT2D eigenvalue weighted by atomic mass is 32.2. The molecule has 0 N–H and O–H groups in total. The molecule has 1 aromatic carbocycles. The van der Waals surface area contributed by atoms with Crippen molar-refractivity contribution in [3.63, 3.8) is 0 Å². The monoisotopic (exact) mass is 418 g/mol. The Labute approximate surface area is 173 Å². The van der Waals surface area contributed by atoms with Crippen molar-refractivity contribution in [2.45, 2.75) is 45.1 Å². The van der Waals surface area contributed by atoms with Crippen LogP contribution in [-0.4, -0.2) is 60.2 Å². The molecule has 2 fully saturated rings. The van der Waals surface area contributed by atoms with E-state index in [0.717, 1.165) is 50.0 Å². The number of rotatable bonds is 6. The predicted molar refractivity (Wildman–Crippen MR) is 112 cm³/mol. The third-order valence-corrected chi connectivity index (χ3v) is 8.39. The molecule has 158 valence electrons. The number of aromatic nitrogens is 2. The summed E-state index contributed by atoms with van der Waals surface area (Å²) in [4.78, 5) is 6.95. The number of hydrogen-bond donors (Lipinski definition) is 0. The Morgan fingerprint density at radius 3 is 2.62 bits per heavy atom. The van der Waals surface area contributed by atoms with Crippen molar-refractivity contribution in [2.24, 2.45) is 5.41 Å². The molecule has 2 aromatic rings. The van der Waals surface area contributed by atoms with Gasteiger partial charge in [0.2, 0.25) is 10.0 Å². The molecule has 3 heterocycles. The first kappa shape index (κ1) is 20.5. The fourth-order valence-electron chi connectivity index (χ4n) is 4.68. The molecule has 2 aliphatic rings. The molecular formula is C21H30N4O3S. The van der Waals surface area contributed by atoms with Crippen LogP contribution in [-0.2, 0) is 10.0 Å². The van der Waals surface area contributed by atoms with Gasteiger partial charge in [-0.05, 0) is 50.3 Å². The summed E-state index contributed by atoms with van der Waals surface area (Å²) in [7, 11) is -1.02. The summed E-state index contributed by atoms with van der Waals surface area (Å²) in [5, 5.41) is 4.26. The number of nitrogens with zero attached hydrogens (tertiary/aromatic N) is 4. The Morgan fingerprint density at radius 2 is 1.93 bits per heavy atom. The van der Waals surface area contributed by atoms with Crippen LogP contribution < -0.4 is 0 Å². The van der Waals surface area contributed by atoms with Crippen LogP contribution in [0.1, 0.15) is 50.9 Å². The van der Waals surface area contributed by atoms with E-state index in [9.17, 15) is 8.42 Å².